The number of carbonyl (C=O) groups is 1. The van der Waals surface area contributed by atoms with E-state index >= 15 is 0 Å². The molecule has 2 aromatic carbocycles. The maximum atomic E-state index is 12.8. The molecule has 32 heavy (non-hydrogen) atoms. The molecule has 1 atom stereocenters. The van der Waals surface area contributed by atoms with Crippen molar-refractivity contribution in [2.45, 2.75) is 39.0 Å². The zero-order chi connectivity index (χ0) is 23.7. The Morgan fingerprint density at radius 1 is 1.22 bits per heavy atom. The molecule has 1 N–H and O–H groups in total. The Labute approximate surface area is 183 Å². The number of nitro groups is 1. The average Bonchev–Trinajstić information content (AvgIpc) is 2.73. The molecule has 10 heteroatoms. The molecule has 0 aromatic heterocycles. The number of alkyl halides is 3. The van der Waals surface area contributed by atoms with E-state index in [2.05, 4.69) is 5.32 Å². The standard InChI is InChI=1S/C22H23F3N2O5/c1-3-4-13-31-21(28)12-5-15(2)32-18-9-7-17(8-10-18)26-19-11-6-16(22(23,24)25)14-20(19)27(29)30/h5-12,14-15,26H,3-4,13H2,1-2H3. The molecule has 2 rings (SSSR count). The van der Waals surface area contributed by atoms with Gasteiger partial charge < -0.3 is 14.8 Å². The second-order valence-corrected chi connectivity index (χ2v) is 6.84. The zero-order valence-electron chi connectivity index (χ0n) is 17.5. The molecule has 0 spiro atoms. The largest absolute Gasteiger partial charge is 0.487 e. The minimum atomic E-state index is -4.68. The third-order valence-electron chi connectivity index (χ3n) is 4.22. The van der Waals surface area contributed by atoms with Crippen molar-refractivity contribution in [2.24, 2.45) is 0 Å². The van der Waals surface area contributed by atoms with E-state index in [1.807, 2.05) is 6.92 Å². The average molecular weight is 452 g/mol. The summed E-state index contributed by atoms with van der Waals surface area (Å²) >= 11 is 0. The lowest BCUT2D eigenvalue weighted by molar-refractivity contribution is -0.384. The van der Waals surface area contributed by atoms with E-state index in [9.17, 15) is 28.1 Å². The van der Waals surface area contributed by atoms with Crippen molar-refractivity contribution in [3.63, 3.8) is 0 Å². The highest BCUT2D eigenvalue weighted by atomic mass is 19.4. The minimum absolute atomic E-state index is 0.0745. The number of rotatable bonds is 10. The fourth-order valence-corrected chi connectivity index (χ4v) is 2.57. The monoisotopic (exact) mass is 452 g/mol. The van der Waals surface area contributed by atoms with E-state index < -0.39 is 34.4 Å². The predicted octanol–water partition coefficient (Wildman–Crippen LogP) is 6.02. The molecule has 0 bridgehead atoms. The van der Waals surface area contributed by atoms with Gasteiger partial charge in [-0.15, -0.1) is 0 Å². The van der Waals surface area contributed by atoms with Crippen molar-refractivity contribution in [2.75, 3.05) is 11.9 Å². The van der Waals surface area contributed by atoms with Crippen molar-refractivity contribution in [3.05, 3.63) is 70.3 Å². The lowest BCUT2D eigenvalue weighted by Crippen LogP contribution is -2.10. The third-order valence-corrected chi connectivity index (χ3v) is 4.22. The topological polar surface area (TPSA) is 90.7 Å². The van der Waals surface area contributed by atoms with Crippen LogP contribution in [0.25, 0.3) is 0 Å². The van der Waals surface area contributed by atoms with Crippen LogP contribution in [0.15, 0.2) is 54.6 Å². The van der Waals surface area contributed by atoms with Crippen LogP contribution >= 0.6 is 0 Å². The molecule has 0 heterocycles. The smallest absolute Gasteiger partial charge is 0.416 e. The summed E-state index contributed by atoms with van der Waals surface area (Å²) < 4.78 is 49.1. The first kappa shape index (κ1) is 24.7. The van der Waals surface area contributed by atoms with Crippen LogP contribution < -0.4 is 10.1 Å². The van der Waals surface area contributed by atoms with Crippen molar-refractivity contribution in [1.29, 1.82) is 0 Å². The number of hydrogen-bond donors (Lipinski definition) is 1. The van der Waals surface area contributed by atoms with E-state index in [0.29, 0.717) is 24.1 Å². The molecule has 0 fully saturated rings. The van der Waals surface area contributed by atoms with Crippen LogP contribution in [-0.4, -0.2) is 23.6 Å². The summed E-state index contributed by atoms with van der Waals surface area (Å²) in [6, 6.07) is 8.57. The molecule has 7 nitrogen and oxygen atoms in total. The van der Waals surface area contributed by atoms with E-state index in [1.165, 1.54) is 6.08 Å². The molecular weight excluding hydrogens is 429 g/mol. The summed E-state index contributed by atoms with van der Waals surface area (Å²) in [6.45, 7) is 4.08. The van der Waals surface area contributed by atoms with Crippen LogP contribution in [0.3, 0.4) is 0 Å². The molecule has 0 saturated heterocycles. The highest BCUT2D eigenvalue weighted by Gasteiger charge is 2.33. The molecule has 0 saturated carbocycles. The number of benzene rings is 2. The van der Waals surface area contributed by atoms with Crippen molar-refractivity contribution < 1.29 is 32.4 Å². The van der Waals surface area contributed by atoms with Gasteiger partial charge in [-0.1, -0.05) is 13.3 Å². The predicted molar refractivity (Wildman–Crippen MR) is 113 cm³/mol. The van der Waals surface area contributed by atoms with Gasteiger partial charge in [-0.3, -0.25) is 10.1 Å². The summed E-state index contributed by atoms with van der Waals surface area (Å²) in [7, 11) is 0. The summed E-state index contributed by atoms with van der Waals surface area (Å²) in [4.78, 5) is 21.9. The zero-order valence-corrected chi connectivity index (χ0v) is 17.5. The Morgan fingerprint density at radius 3 is 2.50 bits per heavy atom. The Kier molecular flexibility index (Phi) is 8.62. The fraction of sp³-hybridized carbons (Fsp3) is 0.318. The molecule has 172 valence electrons. The van der Waals surface area contributed by atoms with Gasteiger partial charge in [-0.05, 0) is 55.8 Å². The molecule has 0 amide bonds. The van der Waals surface area contributed by atoms with Gasteiger partial charge in [0.15, 0.2) is 0 Å². The van der Waals surface area contributed by atoms with Gasteiger partial charge in [0.05, 0.1) is 17.1 Å². The number of nitro benzene ring substituents is 1. The summed E-state index contributed by atoms with van der Waals surface area (Å²) in [6.07, 6.45) is -0.551. The van der Waals surface area contributed by atoms with Gasteiger partial charge in [0, 0.05) is 17.8 Å². The van der Waals surface area contributed by atoms with Crippen LogP contribution in [0.5, 0.6) is 5.75 Å². The van der Waals surface area contributed by atoms with E-state index in [1.54, 1.807) is 37.3 Å². The number of carbonyl (C=O) groups excluding carboxylic acids is 1. The summed E-state index contributed by atoms with van der Waals surface area (Å²) in [5.74, 6) is 0.0144. The number of nitrogens with zero attached hydrogens (tertiary/aromatic N) is 1. The second-order valence-electron chi connectivity index (χ2n) is 6.84. The van der Waals surface area contributed by atoms with E-state index in [0.717, 1.165) is 25.0 Å². The number of ether oxygens (including phenoxy) is 2. The number of esters is 1. The second kappa shape index (κ2) is 11.2. The van der Waals surface area contributed by atoms with Crippen LogP contribution in [0.4, 0.5) is 30.2 Å². The first-order valence-corrected chi connectivity index (χ1v) is 9.84. The number of nitrogens with one attached hydrogen (secondary N) is 1. The number of anilines is 2. The molecule has 0 radical (unpaired) electrons. The molecule has 0 aliphatic rings. The quantitative estimate of drug-likeness (QED) is 0.156. The SMILES string of the molecule is CCCCOC(=O)C=CC(C)Oc1ccc(Nc2ccc(C(F)(F)F)cc2[N+](=O)[O-])cc1. The lowest BCUT2D eigenvalue weighted by atomic mass is 10.1. The third kappa shape index (κ3) is 7.60. The minimum Gasteiger partial charge on any atom is -0.487 e. The summed E-state index contributed by atoms with van der Waals surface area (Å²) in [5, 5.41) is 13.9. The van der Waals surface area contributed by atoms with E-state index in [-0.39, 0.29) is 5.69 Å². The molecule has 2 aromatic rings. The summed E-state index contributed by atoms with van der Waals surface area (Å²) in [5.41, 5.74) is -1.45. The normalized spacial score (nSPS) is 12.4. The van der Waals surface area contributed by atoms with Gasteiger partial charge in [0.1, 0.15) is 17.5 Å². The first-order chi connectivity index (χ1) is 15.1. The van der Waals surface area contributed by atoms with Gasteiger partial charge in [0.25, 0.3) is 5.69 Å². The van der Waals surface area contributed by atoms with Crippen LogP contribution in [-0.2, 0) is 15.7 Å². The van der Waals surface area contributed by atoms with Gasteiger partial charge in [-0.25, -0.2) is 4.79 Å². The Balaban J connectivity index is 2.01. The van der Waals surface area contributed by atoms with Gasteiger partial charge in [0.2, 0.25) is 0 Å². The number of halogens is 3. The maximum Gasteiger partial charge on any atom is 0.416 e. The first-order valence-electron chi connectivity index (χ1n) is 9.84. The van der Waals surface area contributed by atoms with Crippen molar-refractivity contribution in [1.82, 2.24) is 0 Å². The molecule has 1 unspecified atom stereocenters. The molecule has 0 aliphatic heterocycles. The van der Waals surface area contributed by atoms with Crippen molar-refractivity contribution >= 4 is 23.0 Å². The highest BCUT2D eigenvalue weighted by Crippen LogP contribution is 2.36. The maximum absolute atomic E-state index is 12.8. The van der Waals surface area contributed by atoms with Crippen LogP contribution in [0, 0.1) is 10.1 Å². The Morgan fingerprint density at radius 2 is 1.91 bits per heavy atom. The highest BCUT2D eigenvalue weighted by molar-refractivity contribution is 5.82. The fourth-order valence-electron chi connectivity index (χ4n) is 2.57. The lowest BCUT2D eigenvalue weighted by Gasteiger charge is -2.13. The number of hydrogen-bond acceptors (Lipinski definition) is 6. The molecule has 0 aliphatic carbocycles. The Hall–Kier alpha value is -3.56. The van der Waals surface area contributed by atoms with Gasteiger partial charge >= 0.3 is 12.1 Å². The van der Waals surface area contributed by atoms with Crippen LogP contribution in [0.2, 0.25) is 0 Å². The Bertz CT molecular complexity index is 959. The van der Waals surface area contributed by atoms with Crippen molar-refractivity contribution in [3.8, 4) is 5.75 Å². The van der Waals surface area contributed by atoms with E-state index in [4.69, 9.17) is 9.47 Å². The van der Waals surface area contributed by atoms with Crippen LogP contribution in [0.1, 0.15) is 32.3 Å². The van der Waals surface area contributed by atoms with Gasteiger partial charge in [-0.2, -0.15) is 13.2 Å². The molecular formula is C22H23F3N2O5. The number of unbranched alkanes of at least 4 members (excludes halogenated alkanes) is 1.